The molecule has 8 heteroatoms. The van der Waals surface area contributed by atoms with E-state index in [9.17, 15) is 19.5 Å². The summed E-state index contributed by atoms with van der Waals surface area (Å²) >= 11 is 0. The molecule has 0 aliphatic carbocycles. The zero-order chi connectivity index (χ0) is 29.9. The number of likely N-dealkylation sites (tertiary alicyclic amines) is 1. The lowest BCUT2D eigenvalue weighted by Crippen LogP contribution is -2.57. The molecule has 3 fully saturated rings. The van der Waals surface area contributed by atoms with Gasteiger partial charge in [0, 0.05) is 26.2 Å². The van der Waals surface area contributed by atoms with Crippen molar-refractivity contribution in [2.75, 3.05) is 26.2 Å². The van der Waals surface area contributed by atoms with Crippen molar-refractivity contribution in [3.05, 3.63) is 97.1 Å². The number of hydrogen-bond acceptors (Lipinski definition) is 5. The lowest BCUT2D eigenvalue weighted by atomic mass is 9.70. The van der Waals surface area contributed by atoms with Crippen LogP contribution in [0.3, 0.4) is 0 Å². The van der Waals surface area contributed by atoms with E-state index in [-0.39, 0.29) is 30.9 Å². The molecule has 222 valence electrons. The minimum atomic E-state index is -1.16. The van der Waals surface area contributed by atoms with Gasteiger partial charge >= 0.3 is 0 Å². The van der Waals surface area contributed by atoms with Crippen LogP contribution in [0.5, 0.6) is 0 Å². The Kier molecular flexibility index (Phi) is 8.94. The average molecular weight is 572 g/mol. The lowest BCUT2D eigenvalue weighted by molar-refractivity contribution is -0.152. The first-order valence-electron chi connectivity index (χ1n) is 14.9. The first-order chi connectivity index (χ1) is 20.4. The summed E-state index contributed by atoms with van der Waals surface area (Å²) in [5.74, 6) is -2.24. The molecular formula is C34H41N3O5. The SMILES string of the molecule is C=CCN(Cc1ccccc1)C(=O)C1N([C@H](CO)c2ccccc2)C(=O)[C@@H]2[C@H](C(=O)N(CC=C)CCC)[C@@H]3CCC12O3. The predicted molar refractivity (Wildman–Crippen MR) is 160 cm³/mol. The summed E-state index contributed by atoms with van der Waals surface area (Å²) in [6, 6.07) is 17.2. The van der Waals surface area contributed by atoms with Gasteiger partial charge in [0.25, 0.3) is 0 Å². The van der Waals surface area contributed by atoms with Crippen LogP contribution in [0.25, 0.3) is 0 Å². The molecule has 2 aromatic rings. The van der Waals surface area contributed by atoms with E-state index in [1.54, 1.807) is 22.0 Å². The molecule has 2 bridgehead atoms. The summed E-state index contributed by atoms with van der Waals surface area (Å²) in [5.41, 5.74) is 0.505. The summed E-state index contributed by atoms with van der Waals surface area (Å²) in [6.07, 6.45) is 4.77. The van der Waals surface area contributed by atoms with Gasteiger partial charge in [-0.2, -0.15) is 0 Å². The molecular weight excluding hydrogens is 530 g/mol. The first-order valence-corrected chi connectivity index (χ1v) is 14.9. The zero-order valence-corrected chi connectivity index (χ0v) is 24.3. The fourth-order valence-corrected chi connectivity index (χ4v) is 7.31. The van der Waals surface area contributed by atoms with Crippen molar-refractivity contribution >= 4 is 17.7 Å². The van der Waals surface area contributed by atoms with E-state index < -0.39 is 35.6 Å². The summed E-state index contributed by atoms with van der Waals surface area (Å²) in [5, 5.41) is 10.7. The van der Waals surface area contributed by atoms with E-state index in [4.69, 9.17) is 4.74 Å². The molecule has 42 heavy (non-hydrogen) atoms. The van der Waals surface area contributed by atoms with Gasteiger partial charge in [0.15, 0.2) is 0 Å². The number of aliphatic hydroxyl groups is 1. The molecule has 8 nitrogen and oxygen atoms in total. The van der Waals surface area contributed by atoms with Crippen LogP contribution >= 0.6 is 0 Å². The molecule has 2 unspecified atom stereocenters. The molecule has 3 aliphatic rings. The van der Waals surface area contributed by atoms with Crippen LogP contribution in [0.15, 0.2) is 86.0 Å². The van der Waals surface area contributed by atoms with E-state index in [2.05, 4.69) is 13.2 Å². The second-order valence-corrected chi connectivity index (χ2v) is 11.5. The van der Waals surface area contributed by atoms with Crippen LogP contribution in [0.2, 0.25) is 0 Å². The van der Waals surface area contributed by atoms with Crippen molar-refractivity contribution in [2.24, 2.45) is 11.8 Å². The van der Waals surface area contributed by atoms with Gasteiger partial charge in [-0.15, -0.1) is 13.2 Å². The molecule has 5 rings (SSSR count). The van der Waals surface area contributed by atoms with Crippen LogP contribution < -0.4 is 0 Å². The maximum atomic E-state index is 14.7. The molecule has 0 radical (unpaired) electrons. The van der Waals surface area contributed by atoms with Gasteiger partial charge < -0.3 is 24.5 Å². The van der Waals surface area contributed by atoms with E-state index in [1.807, 2.05) is 67.6 Å². The Morgan fingerprint density at radius 3 is 2.31 bits per heavy atom. The van der Waals surface area contributed by atoms with Crippen molar-refractivity contribution in [1.29, 1.82) is 0 Å². The Labute approximate surface area is 248 Å². The Balaban J connectivity index is 1.59. The van der Waals surface area contributed by atoms with Crippen molar-refractivity contribution in [3.8, 4) is 0 Å². The van der Waals surface area contributed by atoms with Crippen LogP contribution in [0, 0.1) is 11.8 Å². The van der Waals surface area contributed by atoms with E-state index in [0.29, 0.717) is 32.5 Å². The van der Waals surface area contributed by atoms with E-state index in [0.717, 1.165) is 17.5 Å². The van der Waals surface area contributed by atoms with Gasteiger partial charge in [0.05, 0.1) is 30.6 Å². The fraction of sp³-hybridized carbons (Fsp3) is 0.441. The minimum Gasteiger partial charge on any atom is -0.394 e. The third-order valence-electron chi connectivity index (χ3n) is 8.98. The van der Waals surface area contributed by atoms with Crippen LogP contribution in [0.1, 0.15) is 43.4 Å². The molecule has 3 amide bonds. The van der Waals surface area contributed by atoms with Crippen molar-refractivity contribution < 1.29 is 24.2 Å². The predicted octanol–water partition coefficient (Wildman–Crippen LogP) is 3.73. The summed E-state index contributed by atoms with van der Waals surface area (Å²) in [6.45, 7) is 10.9. The normalized spacial score (nSPS) is 26.5. The quantitative estimate of drug-likeness (QED) is 0.370. The molecule has 2 aromatic carbocycles. The Bertz CT molecular complexity index is 1300. The van der Waals surface area contributed by atoms with Gasteiger partial charge in [-0.25, -0.2) is 0 Å². The summed E-state index contributed by atoms with van der Waals surface area (Å²) in [4.78, 5) is 48.3. The van der Waals surface area contributed by atoms with Gasteiger partial charge in [-0.1, -0.05) is 79.7 Å². The molecule has 3 aliphatic heterocycles. The number of ether oxygens (including phenoxy) is 1. The van der Waals surface area contributed by atoms with Crippen molar-refractivity contribution in [3.63, 3.8) is 0 Å². The highest BCUT2D eigenvalue weighted by Gasteiger charge is 2.75. The molecule has 1 spiro atoms. The van der Waals surface area contributed by atoms with E-state index >= 15 is 0 Å². The fourth-order valence-electron chi connectivity index (χ4n) is 7.31. The molecule has 0 aromatic heterocycles. The average Bonchev–Trinajstić information content (AvgIpc) is 3.65. The number of aliphatic hydroxyl groups excluding tert-OH is 1. The van der Waals surface area contributed by atoms with Crippen LogP contribution in [0.4, 0.5) is 0 Å². The van der Waals surface area contributed by atoms with Crippen LogP contribution in [-0.2, 0) is 25.7 Å². The van der Waals surface area contributed by atoms with Crippen molar-refractivity contribution in [2.45, 2.75) is 56.5 Å². The summed E-state index contributed by atoms with van der Waals surface area (Å²) < 4.78 is 6.68. The highest BCUT2D eigenvalue weighted by molar-refractivity contribution is 5.99. The second-order valence-electron chi connectivity index (χ2n) is 11.5. The van der Waals surface area contributed by atoms with Gasteiger partial charge in [0.2, 0.25) is 17.7 Å². The number of rotatable bonds is 13. The lowest BCUT2D eigenvalue weighted by Gasteiger charge is -2.39. The summed E-state index contributed by atoms with van der Waals surface area (Å²) in [7, 11) is 0. The molecule has 1 N–H and O–H groups in total. The van der Waals surface area contributed by atoms with Crippen molar-refractivity contribution in [1.82, 2.24) is 14.7 Å². The molecule has 3 heterocycles. The topological polar surface area (TPSA) is 90.4 Å². The highest BCUT2D eigenvalue weighted by atomic mass is 16.5. The number of nitrogens with zero attached hydrogens (tertiary/aromatic N) is 3. The standard InChI is InChI=1S/C34H41N3O5/c1-4-19-35(20-5-2)31(39)28-27-17-18-34(42-27)29(28)32(40)37(26(23-38)25-15-11-8-12-16-25)30(34)33(41)36(21-6-3)22-24-13-9-7-10-14-24/h4,6-16,26-30,38H,1,3,5,17-23H2,2H3/t26-,27+,28-,29+,30?,34?/m1/s1. The number of hydrogen-bond donors (Lipinski definition) is 1. The van der Waals surface area contributed by atoms with Gasteiger partial charge in [0.1, 0.15) is 11.6 Å². The number of amides is 3. The Morgan fingerprint density at radius 2 is 1.69 bits per heavy atom. The minimum absolute atomic E-state index is 0.137. The van der Waals surface area contributed by atoms with Gasteiger partial charge in [-0.05, 0) is 30.4 Å². The molecule has 0 saturated carbocycles. The Morgan fingerprint density at radius 1 is 1.05 bits per heavy atom. The van der Waals surface area contributed by atoms with Crippen LogP contribution in [-0.4, -0.2) is 81.5 Å². The van der Waals surface area contributed by atoms with Gasteiger partial charge in [-0.3, -0.25) is 14.4 Å². The monoisotopic (exact) mass is 571 g/mol. The molecule has 3 saturated heterocycles. The highest BCUT2D eigenvalue weighted by Crippen LogP contribution is 2.60. The number of carbonyl (C=O) groups is 3. The molecule has 6 atom stereocenters. The smallest absolute Gasteiger partial charge is 0.249 e. The largest absolute Gasteiger partial charge is 0.394 e. The van der Waals surface area contributed by atoms with E-state index in [1.165, 1.54) is 4.90 Å². The Hall–Kier alpha value is -3.75. The number of carbonyl (C=O) groups excluding carboxylic acids is 3. The first kappa shape index (κ1) is 29.7. The zero-order valence-electron chi connectivity index (χ0n) is 24.3. The number of fused-ring (bicyclic) bond motifs is 1. The third-order valence-corrected chi connectivity index (χ3v) is 8.98. The maximum absolute atomic E-state index is 14.7. The number of benzene rings is 2. The third kappa shape index (κ3) is 5.07. The maximum Gasteiger partial charge on any atom is 0.249 e. The second kappa shape index (κ2) is 12.6.